The first kappa shape index (κ1) is 11.7. The van der Waals surface area contributed by atoms with Crippen molar-refractivity contribution in [3.63, 3.8) is 0 Å². The molecular formula is C10H19ClOS. The summed E-state index contributed by atoms with van der Waals surface area (Å²) in [5.41, 5.74) is 0. The maximum atomic E-state index is 5.74. The van der Waals surface area contributed by atoms with Gasteiger partial charge in [-0.1, -0.05) is 6.92 Å². The first-order valence-electron chi connectivity index (χ1n) is 5.04. The van der Waals surface area contributed by atoms with Gasteiger partial charge in [-0.05, 0) is 36.2 Å². The maximum Gasteiger partial charge on any atom is 0.0468 e. The van der Waals surface area contributed by atoms with Crippen molar-refractivity contribution in [3.05, 3.63) is 0 Å². The molecule has 0 aliphatic carbocycles. The second-order valence-electron chi connectivity index (χ2n) is 3.85. The summed E-state index contributed by atoms with van der Waals surface area (Å²) in [4.78, 5) is 0. The fraction of sp³-hybridized carbons (Fsp3) is 1.00. The van der Waals surface area contributed by atoms with Crippen LogP contribution in [0.25, 0.3) is 0 Å². The van der Waals surface area contributed by atoms with E-state index in [-0.39, 0.29) is 0 Å². The smallest absolute Gasteiger partial charge is 0.0468 e. The molecule has 1 atom stereocenters. The molecule has 0 aromatic carbocycles. The van der Waals surface area contributed by atoms with Gasteiger partial charge in [0.2, 0.25) is 0 Å². The molecule has 0 bridgehead atoms. The van der Waals surface area contributed by atoms with E-state index in [1.165, 1.54) is 24.3 Å². The zero-order valence-electron chi connectivity index (χ0n) is 8.30. The zero-order valence-corrected chi connectivity index (χ0v) is 9.87. The molecule has 1 heterocycles. The van der Waals surface area contributed by atoms with Gasteiger partial charge < -0.3 is 4.74 Å². The minimum atomic E-state index is 0.659. The number of thioether (sulfide) groups is 1. The van der Waals surface area contributed by atoms with Crippen LogP contribution in [-0.4, -0.2) is 30.6 Å². The highest BCUT2D eigenvalue weighted by Gasteiger charge is 2.13. The predicted octanol–water partition coefficient (Wildman–Crippen LogP) is 3.02. The van der Waals surface area contributed by atoms with E-state index >= 15 is 0 Å². The van der Waals surface area contributed by atoms with Crippen molar-refractivity contribution < 1.29 is 4.74 Å². The summed E-state index contributed by atoms with van der Waals surface area (Å²) >= 11 is 7.79. The lowest BCUT2D eigenvalue weighted by molar-refractivity contribution is 0.0728. The third kappa shape index (κ3) is 5.14. The van der Waals surface area contributed by atoms with Gasteiger partial charge in [0.15, 0.2) is 0 Å². The molecule has 0 aromatic heterocycles. The van der Waals surface area contributed by atoms with Gasteiger partial charge in [0.05, 0.1) is 0 Å². The van der Waals surface area contributed by atoms with Gasteiger partial charge in [0, 0.05) is 19.1 Å². The molecule has 1 nitrogen and oxygen atoms in total. The van der Waals surface area contributed by atoms with Crippen molar-refractivity contribution in [2.45, 2.75) is 19.8 Å². The molecule has 1 aliphatic rings. The summed E-state index contributed by atoms with van der Waals surface area (Å²) < 4.78 is 5.32. The average molecular weight is 223 g/mol. The Kier molecular flexibility index (Phi) is 6.26. The van der Waals surface area contributed by atoms with Crippen LogP contribution in [0.1, 0.15) is 19.8 Å². The van der Waals surface area contributed by atoms with Crippen LogP contribution in [0.4, 0.5) is 0 Å². The van der Waals surface area contributed by atoms with E-state index in [0.717, 1.165) is 25.0 Å². The summed E-state index contributed by atoms with van der Waals surface area (Å²) in [5, 5.41) is 0. The molecule has 13 heavy (non-hydrogen) atoms. The van der Waals surface area contributed by atoms with Gasteiger partial charge in [-0.2, -0.15) is 11.8 Å². The van der Waals surface area contributed by atoms with Crippen molar-refractivity contribution in [1.82, 2.24) is 0 Å². The van der Waals surface area contributed by atoms with E-state index in [0.29, 0.717) is 5.92 Å². The molecule has 1 saturated heterocycles. The van der Waals surface area contributed by atoms with Crippen LogP contribution < -0.4 is 0 Å². The van der Waals surface area contributed by atoms with Gasteiger partial charge in [-0.3, -0.25) is 0 Å². The highest BCUT2D eigenvalue weighted by atomic mass is 35.5. The topological polar surface area (TPSA) is 9.23 Å². The molecule has 0 amide bonds. The standard InChI is InChI=1S/C10H19ClOS/c1-9(6-11)7-13-8-10-2-4-12-5-3-10/h9-10H,2-8H2,1H3. The van der Waals surface area contributed by atoms with Crippen molar-refractivity contribution in [2.75, 3.05) is 30.6 Å². The molecule has 1 rings (SSSR count). The van der Waals surface area contributed by atoms with Crippen LogP contribution in [0.3, 0.4) is 0 Å². The Balaban J connectivity index is 1.98. The van der Waals surface area contributed by atoms with Gasteiger partial charge in [-0.25, -0.2) is 0 Å². The highest BCUT2D eigenvalue weighted by Crippen LogP contribution is 2.21. The summed E-state index contributed by atoms with van der Waals surface area (Å²) in [6.07, 6.45) is 2.50. The SMILES string of the molecule is CC(CCl)CSCC1CCOCC1. The van der Waals surface area contributed by atoms with E-state index in [4.69, 9.17) is 16.3 Å². The Bertz CT molecular complexity index is 126. The monoisotopic (exact) mass is 222 g/mol. The molecule has 1 unspecified atom stereocenters. The van der Waals surface area contributed by atoms with E-state index in [9.17, 15) is 0 Å². The molecule has 78 valence electrons. The molecule has 0 spiro atoms. The Hall–Kier alpha value is 0.600. The molecule has 1 fully saturated rings. The Morgan fingerprint density at radius 3 is 2.77 bits per heavy atom. The molecule has 1 aliphatic heterocycles. The van der Waals surface area contributed by atoms with Crippen molar-refractivity contribution >= 4 is 23.4 Å². The number of rotatable bonds is 5. The van der Waals surface area contributed by atoms with E-state index in [1.807, 2.05) is 0 Å². The number of ether oxygens (including phenoxy) is 1. The summed E-state index contributed by atoms with van der Waals surface area (Å²) in [6, 6.07) is 0. The van der Waals surface area contributed by atoms with Crippen molar-refractivity contribution in [3.8, 4) is 0 Å². The van der Waals surface area contributed by atoms with Gasteiger partial charge >= 0.3 is 0 Å². The Labute approximate surface area is 90.6 Å². The second kappa shape index (κ2) is 6.97. The molecular weight excluding hydrogens is 204 g/mol. The van der Waals surface area contributed by atoms with Gasteiger partial charge in [0.1, 0.15) is 0 Å². The Morgan fingerprint density at radius 2 is 2.15 bits per heavy atom. The van der Waals surface area contributed by atoms with E-state index in [1.54, 1.807) is 0 Å². The van der Waals surface area contributed by atoms with Gasteiger partial charge in [0.25, 0.3) is 0 Å². The van der Waals surface area contributed by atoms with Crippen LogP contribution in [-0.2, 0) is 4.74 Å². The van der Waals surface area contributed by atoms with E-state index in [2.05, 4.69) is 18.7 Å². The van der Waals surface area contributed by atoms with Crippen molar-refractivity contribution in [1.29, 1.82) is 0 Å². The molecule has 3 heteroatoms. The quantitative estimate of drug-likeness (QED) is 0.662. The van der Waals surface area contributed by atoms with Crippen LogP contribution in [0.5, 0.6) is 0 Å². The fourth-order valence-corrected chi connectivity index (χ4v) is 2.95. The molecule has 0 radical (unpaired) electrons. The van der Waals surface area contributed by atoms with Crippen LogP contribution in [0.15, 0.2) is 0 Å². The first-order valence-corrected chi connectivity index (χ1v) is 6.73. The lowest BCUT2D eigenvalue weighted by Gasteiger charge is -2.21. The molecule has 0 aromatic rings. The normalized spacial score (nSPS) is 21.7. The summed E-state index contributed by atoms with van der Waals surface area (Å²) in [5.74, 6) is 4.85. The average Bonchev–Trinajstić information content (AvgIpc) is 2.19. The van der Waals surface area contributed by atoms with E-state index < -0.39 is 0 Å². The fourth-order valence-electron chi connectivity index (χ4n) is 1.39. The first-order chi connectivity index (χ1) is 6.33. The Morgan fingerprint density at radius 1 is 1.46 bits per heavy atom. The second-order valence-corrected chi connectivity index (χ2v) is 5.24. The maximum absolute atomic E-state index is 5.74. The lowest BCUT2D eigenvalue weighted by Crippen LogP contribution is -2.18. The summed E-state index contributed by atoms with van der Waals surface area (Å²) in [7, 11) is 0. The number of halogens is 1. The third-order valence-electron chi connectivity index (χ3n) is 2.36. The van der Waals surface area contributed by atoms with Gasteiger partial charge in [-0.15, -0.1) is 11.6 Å². The molecule has 0 saturated carbocycles. The molecule has 0 N–H and O–H groups in total. The minimum absolute atomic E-state index is 0.659. The number of hydrogen-bond donors (Lipinski definition) is 0. The lowest BCUT2D eigenvalue weighted by atomic mass is 10.0. The third-order valence-corrected chi connectivity index (χ3v) is 4.40. The number of alkyl halides is 1. The van der Waals surface area contributed by atoms with Crippen LogP contribution >= 0.6 is 23.4 Å². The minimum Gasteiger partial charge on any atom is -0.381 e. The van der Waals surface area contributed by atoms with Crippen LogP contribution in [0.2, 0.25) is 0 Å². The summed E-state index contributed by atoms with van der Waals surface area (Å²) in [6.45, 7) is 4.15. The largest absolute Gasteiger partial charge is 0.381 e. The van der Waals surface area contributed by atoms with Crippen LogP contribution in [0, 0.1) is 11.8 Å². The number of hydrogen-bond acceptors (Lipinski definition) is 2. The highest BCUT2D eigenvalue weighted by molar-refractivity contribution is 7.99. The predicted molar refractivity (Wildman–Crippen MR) is 60.8 cm³/mol. The van der Waals surface area contributed by atoms with Crippen molar-refractivity contribution in [2.24, 2.45) is 11.8 Å². The zero-order chi connectivity index (χ0) is 9.52.